The van der Waals surface area contributed by atoms with Gasteiger partial charge >= 0.3 is 0 Å². The summed E-state index contributed by atoms with van der Waals surface area (Å²) in [7, 11) is -2.94. The molecule has 3 heterocycles. The molecule has 1 unspecified atom stereocenters. The maximum Gasteiger partial charge on any atom is 0.217 e. The van der Waals surface area contributed by atoms with E-state index in [-0.39, 0.29) is 17.5 Å². The number of hydrogen-bond acceptors (Lipinski definition) is 6. The summed E-state index contributed by atoms with van der Waals surface area (Å²) in [5.74, 6) is 3.13. The number of aromatic amines is 1. The van der Waals surface area contributed by atoms with Gasteiger partial charge in [-0.15, -0.1) is 0 Å². The van der Waals surface area contributed by atoms with Crippen molar-refractivity contribution in [1.82, 2.24) is 19.7 Å². The number of furan rings is 1. The van der Waals surface area contributed by atoms with Gasteiger partial charge < -0.3 is 4.42 Å². The van der Waals surface area contributed by atoms with Gasteiger partial charge in [0, 0.05) is 12.6 Å². The Kier molecular flexibility index (Phi) is 6.02. The van der Waals surface area contributed by atoms with E-state index in [1.165, 1.54) is 0 Å². The van der Waals surface area contributed by atoms with Crippen LogP contribution in [0.4, 0.5) is 0 Å². The highest BCUT2D eigenvalue weighted by atomic mass is 32.2. The van der Waals surface area contributed by atoms with Crippen LogP contribution in [0, 0.1) is 17.6 Å². The molecule has 0 saturated carbocycles. The lowest BCUT2D eigenvalue weighted by Crippen LogP contribution is -2.40. The summed E-state index contributed by atoms with van der Waals surface area (Å²) in [6.07, 6.45) is 4.32. The molecule has 1 N–H and O–H groups in total. The molecule has 1 saturated heterocycles. The molecule has 7 nitrogen and oxygen atoms in total. The van der Waals surface area contributed by atoms with Crippen molar-refractivity contribution in [1.29, 1.82) is 0 Å². The van der Waals surface area contributed by atoms with Gasteiger partial charge in [0.15, 0.2) is 9.84 Å². The zero-order valence-corrected chi connectivity index (χ0v) is 17.5. The number of sulfone groups is 1. The first-order valence-electron chi connectivity index (χ1n) is 9.08. The standard InChI is InChI=1S/C18H26N4O3S2/c1-13(2)10-21(15-8-9-27(23,24)11-15)12-22-18(26)19-17(20-22)7-6-16-5-4-14(3)25-16/h4-7,13,15H,8-12H2,1-3H3,(H,19,20,26)/b7-6+. The fourth-order valence-corrected chi connectivity index (χ4v) is 5.25. The minimum absolute atomic E-state index is 0.0210. The second-order valence-corrected chi connectivity index (χ2v) is 10.1. The van der Waals surface area contributed by atoms with Crippen LogP contribution in [0.1, 0.15) is 37.6 Å². The SMILES string of the molecule is Cc1ccc(/C=C/c2nc(=S)n(CN(CC(C)C)C3CCS(=O)(=O)C3)[nH]2)o1. The summed E-state index contributed by atoms with van der Waals surface area (Å²) in [6, 6.07) is 3.81. The maximum atomic E-state index is 11.9. The zero-order chi connectivity index (χ0) is 19.6. The second-order valence-electron chi connectivity index (χ2n) is 7.46. The Morgan fingerprint density at radius 3 is 2.81 bits per heavy atom. The number of aryl methyl sites for hydroxylation is 1. The first-order valence-corrected chi connectivity index (χ1v) is 11.3. The van der Waals surface area contributed by atoms with Crippen molar-refractivity contribution < 1.29 is 12.8 Å². The van der Waals surface area contributed by atoms with Gasteiger partial charge in [0.1, 0.15) is 17.3 Å². The van der Waals surface area contributed by atoms with Crippen molar-refractivity contribution in [3.8, 4) is 0 Å². The number of rotatable bonds is 7. The molecule has 0 aromatic carbocycles. The van der Waals surface area contributed by atoms with Gasteiger partial charge in [0.2, 0.25) is 4.77 Å². The average Bonchev–Trinajstić information content (AvgIpc) is 3.24. The van der Waals surface area contributed by atoms with Crippen molar-refractivity contribution >= 4 is 34.2 Å². The number of hydrogen-bond donors (Lipinski definition) is 1. The molecule has 2 aromatic heterocycles. The molecule has 9 heteroatoms. The van der Waals surface area contributed by atoms with Gasteiger partial charge in [-0.3, -0.25) is 10.00 Å². The van der Waals surface area contributed by atoms with Gasteiger partial charge in [-0.1, -0.05) is 13.8 Å². The molecule has 0 spiro atoms. The van der Waals surface area contributed by atoms with E-state index in [1.807, 2.05) is 31.2 Å². The highest BCUT2D eigenvalue weighted by Crippen LogP contribution is 2.20. The lowest BCUT2D eigenvalue weighted by Gasteiger charge is -2.29. The highest BCUT2D eigenvalue weighted by molar-refractivity contribution is 7.91. The Hall–Kier alpha value is -1.71. The molecule has 1 aliphatic rings. The van der Waals surface area contributed by atoms with Gasteiger partial charge in [0.05, 0.1) is 18.2 Å². The molecular weight excluding hydrogens is 384 g/mol. The quantitative estimate of drug-likeness (QED) is 0.706. The van der Waals surface area contributed by atoms with Gasteiger partial charge in [-0.25, -0.2) is 13.1 Å². The first-order chi connectivity index (χ1) is 12.7. The molecule has 148 valence electrons. The molecule has 2 aromatic rings. The Balaban J connectivity index is 1.75. The largest absolute Gasteiger partial charge is 0.462 e. The molecule has 1 aliphatic heterocycles. The molecule has 0 aliphatic carbocycles. The van der Waals surface area contributed by atoms with Crippen LogP contribution >= 0.6 is 12.2 Å². The number of nitrogens with zero attached hydrogens (tertiary/aromatic N) is 3. The van der Waals surface area contributed by atoms with E-state index in [1.54, 1.807) is 4.68 Å². The summed E-state index contributed by atoms with van der Waals surface area (Å²) >= 11 is 5.38. The molecule has 0 radical (unpaired) electrons. The minimum Gasteiger partial charge on any atom is -0.462 e. The monoisotopic (exact) mass is 410 g/mol. The van der Waals surface area contributed by atoms with Crippen LogP contribution in [-0.4, -0.2) is 52.2 Å². The van der Waals surface area contributed by atoms with E-state index in [9.17, 15) is 8.42 Å². The Labute approximate surface area is 165 Å². The van der Waals surface area contributed by atoms with Gasteiger partial charge in [-0.2, -0.15) is 4.98 Å². The molecule has 0 amide bonds. The normalized spacial score (nSPS) is 19.7. The fraction of sp³-hybridized carbons (Fsp3) is 0.556. The van der Waals surface area contributed by atoms with Crippen LogP contribution in [-0.2, 0) is 16.5 Å². The number of aromatic nitrogens is 3. The predicted molar refractivity (Wildman–Crippen MR) is 108 cm³/mol. The van der Waals surface area contributed by atoms with Crippen LogP contribution in [0.25, 0.3) is 12.2 Å². The van der Waals surface area contributed by atoms with Crippen LogP contribution in [0.5, 0.6) is 0 Å². The Morgan fingerprint density at radius 2 is 2.22 bits per heavy atom. The summed E-state index contributed by atoms with van der Waals surface area (Å²) in [6.45, 7) is 7.45. The third-order valence-electron chi connectivity index (χ3n) is 4.51. The predicted octanol–water partition coefficient (Wildman–Crippen LogP) is 3.12. The molecule has 27 heavy (non-hydrogen) atoms. The smallest absolute Gasteiger partial charge is 0.217 e. The minimum atomic E-state index is -2.94. The van der Waals surface area contributed by atoms with E-state index < -0.39 is 9.84 Å². The third kappa shape index (κ3) is 5.40. The fourth-order valence-electron chi connectivity index (χ4n) is 3.29. The summed E-state index contributed by atoms with van der Waals surface area (Å²) in [5, 5.41) is 3.19. The molecule has 0 bridgehead atoms. The van der Waals surface area contributed by atoms with Crippen molar-refractivity contribution in [2.24, 2.45) is 5.92 Å². The van der Waals surface area contributed by atoms with Gasteiger partial charge in [0.25, 0.3) is 0 Å². The number of H-pyrrole nitrogens is 1. The second kappa shape index (κ2) is 8.12. The first kappa shape index (κ1) is 20.0. The van der Waals surface area contributed by atoms with Crippen LogP contribution in [0.15, 0.2) is 16.5 Å². The van der Waals surface area contributed by atoms with E-state index in [0.717, 1.165) is 18.1 Å². The molecule has 1 atom stereocenters. The van der Waals surface area contributed by atoms with Gasteiger partial charge in [-0.05, 0) is 55.8 Å². The van der Waals surface area contributed by atoms with Crippen molar-refractivity contribution in [2.45, 2.75) is 39.9 Å². The van der Waals surface area contributed by atoms with E-state index in [4.69, 9.17) is 16.6 Å². The highest BCUT2D eigenvalue weighted by Gasteiger charge is 2.32. The zero-order valence-electron chi connectivity index (χ0n) is 15.9. The lowest BCUT2D eigenvalue weighted by molar-refractivity contribution is 0.137. The topological polar surface area (TPSA) is 84.1 Å². The third-order valence-corrected chi connectivity index (χ3v) is 6.57. The molecule has 3 rings (SSSR count). The van der Waals surface area contributed by atoms with Crippen molar-refractivity contribution in [2.75, 3.05) is 18.1 Å². The average molecular weight is 411 g/mol. The summed E-state index contributed by atoms with van der Waals surface area (Å²) in [5.41, 5.74) is 0. The Bertz CT molecular complexity index is 969. The van der Waals surface area contributed by atoms with Crippen LogP contribution in [0.3, 0.4) is 0 Å². The maximum absolute atomic E-state index is 11.9. The number of nitrogens with one attached hydrogen (secondary N) is 1. The molecule has 1 fully saturated rings. The lowest BCUT2D eigenvalue weighted by atomic mass is 10.1. The van der Waals surface area contributed by atoms with E-state index in [0.29, 0.717) is 29.6 Å². The Morgan fingerprint density at radius 1 is 1.44 bits per heavy atom. The summed E-state index contributed by atoms with van der Waals surface area (Å²) < 4.78 is 31.5. The van der Waals surface area contributed by atoms with Crippen molar-refractivity contribution in [3.05, 3.63) is 34.2 Å². The van der Waals surface area contributed by atoms with Crippen LogP contribution in [0.2, 0.25) is 0 Å². The van der Waals surface area contributed by atoms with E-state index >= 15 is 0 Å². The van der Waals surface area contributed by atoms with Crippen molar-refractivity contribution in [3.63, 3.8) is 0 Å². The summed E-state index contributed by atoms with van der Waals surface area (Å²) in [4.78, 5) is 6.56. The van der Waals surface area contributed by atoms with E-state index in [2.05, 4.69) is 28.8 Å². The van der Waals surface area contributed by atoms with Crippen LogP contribution < -0.4 is 0 Å². The molecular formula is C18H26N4O3S2.